The molecular weight excluding hydrogens is 694 g/mol. The number of halogens is 1. The van der Waals surface area contributed by atoms with Gasteiger partial charge in [0.15, 0.2) is 12.1 Å². The van der Waals surface area contributed by atoms with Crippen LogP contribution in [0.3, 0.4) is 0 Å². The summed E-state index contributed by atoms with van der Waals surface area (Å²) in [5.41, 5.74) is 5.56. The topological polar surface area (TPSA) is 110 Å². The predicted molar refractivity (Wildman–Crippen MR) is 205 cm³/mol. The van der Waals surface area contributed by atoms with Gasteiger partial charge in [-0.3, -0.25) is 4.90 Å². The molecule has 0 bridgehead atoms. The molecule has 2 aliphatic rings. The van der Waals surface area contributed by atoms with Crippen molar-refractivity contribution in [2.24, 2.45) is 0 Å². The average Bonchev–Trinajstić information content (AvgIpc) is 3.66. The first-order valence-electron chi connectivity index (χ1n) is 18.8. The van der Waals surface area contributed by atoms with Crippen LogP contribution in [0.2, 0.25) is 25.7 Å². The van der Waals surface area contributed by atoms with Crippen LogP contribution < -0.4 is 0 Å². The minimum atomic E-state index is -1.38. The van der Waals surface area contributed by atoms with Gasteiger partial charge < -0.3 is 23.5 Å². The van der Waals surface area contributed by atoms with E-state index in [1.54, 1.807) is 33.8 Å². The molecule has 0 radical (unpaired) electrons. The van der Waals surface area contributed by atoms with E-state index in [1.165, 1.54) is 12.0 Å². The normalized spacial score (nSPS) is 18.0. The van der Waals surface area contributed by atoms with Gasteiger partial charge in [0.25, 0.3) is 0 Å². The fraction of sp³-hybridized carbons (Fsp3) is 0.550. The zero-order valence-electron chi connectivity index (χ0n) is 32.7. The SMILES string of the molecule is CCc1cc(C)c(F)cc1-c1ccc2c(-c3nc4c(n3COCC[Si](C)(C)C)CN(C(=O)OC(C)(C)C)[C@H](C(=O)OC)C4)nn(C3CCCCO3)c2c1. The van der Waals surface area contributed by atoms with E-state index in [2.05, 4.69) is 32.6 Å². The zero-order valence-corrected chi connectivity index (χ0v) is 33.7. The molecule has 2 aliphatic heterocycles. The summed E-state index contributed by atoms with van der Waals surface area (Å²) in [5, 5.41) is 6.08. The molecule has 6 rings (SSSR count). The Morgan fingerprint density at radius 1 is 1.11 bits per heavy atom. The minimum Gasteiger partial charge on any atom is -0.467 e. The summed E-state index contributed by atoms with van der Waals surface area (Å²) in [7, 11) is -0.0675. The van der Waals surface area contributed by atoms with Crippen molar-refractivity contribution in [2.45, 2.75) is 124 Å². The van der Waals surface area contributed by atoms with Crippen molar-refractivity contribution >= 4 is 31.0 Å². The number of nitrogens with zero attached hydrogens (tertiary/aromatic N) is 5. The summed E-state index contributed by atoms with van der Waals surface area (Å²) >= 11 is 0. The van der Waals surface area contributed by atoms with E-state index < -0.39 is 31.8 Å². The number of hydrogen-bond acceptors (Lipinski definition) is 8. The standard InChI is InChI=1S/C40H54FN5O6Si/c1-10-26-19-25(2)30(41)21-29(26)27-14-15-28-32(20-27)46(35-13-11-12-16-51-35)43-36(28)37-42-31-22-33(38(47)49-6)44(39(48)52-40(3,4)5)23-34(31)45(37)24-50-17-18-53(7,8)9/h14-15,19-21,33,35H,10-13,16-18,22-24H2,1-9H3/t33-,35?/m0/s1. The zero-order chi connectivity index (χ0) is 38.2. The summed E-state index contributed by atoms with van der Waals surface area (Å²) in [6, 6.07) is 9.72. The Kier molecular flexibility index (Phi) is 11.2. The second-order valence-corrected chi connectivity index (χ2v) is 22.0. The number of aromatic nitrogens is 4. The highest BCUT2D eigenvalue weighted by Gasteiger charge is 2.41. The second kappa shape index (κ2) is 15.3. The fourth-order valence-electron chi connectivity index (χ4n) is 7.06. The highest BCUT2D eigenvalue weighted by molar-refractivity contribution is 6.76. The van der Waals surface area contributed by atoms with E-state index in [-0.39, 0.29) is 31.7 Å². The van der Waals surface area contributed by atoms with E-state index >= 15 is 0 Å². The molecule has 53 heavy (non-hydrogen) atoms. The molecular formula is C40H54FN5O6Si. The Bertz CT molecular complexity index is 1990. The lowest BCUT2D eigenvalue weighted by atomic mass is 9.95. The molecule has 1 saturated heterocycles. The van der Waals surface area contributed by atoms with Gasteiger partial charge in [-0.05, 0) is 99.9 Å². The molecule has 0 aliphatic carbocycles. The summed E-state index contributed by atoms with van der Waals surface area (Å²) in [6.45, 7) is 17.6. The monoisotopic (exact) mass is 747 g/mol. The second-order valence-electron chi connectivity index (χ2n) is 16.4. The molecule has 1 unspecified atom stereocenters. The first-order valence-corrected chi connectivity index (χ1v) is 22.5. The van der Waals surface area contributed by atoms with Crippen LogP contribution in [0, 0.1) is 12.7 Å². The van der Waals surface area contributed by atoms with Gasteiger partial charge >= 0.3 is 12.1 Å². The number of esters is 1. The molecule has 2 aromatic carbocycles. The van der Waals surface area contributed by atoms with Gasteiger partial charge in [0.2, 0.25) is 0 Å². The van der Waals surface area contributed by atoms with Crippen LogP contribution >= 0.6 is 0 Å². The number of methoxy groups -OCH3 is 1. The van der Waals surface area contributed by atoms with Gasteiger partial charge in [0, 0.05) is 33.1 Å². The molecule has 1 fully saturated rings. The van der Waals surface area contributed by atoms with Gasteiger partial charge in [0.1, 0.15) is 29.9 Å². The van der Waals surface area contributed by atoms with Gasteiger partial charge in [0.05, 0.1) is 30.6 Å². The molecule has 2 atom stereocenters. The van der Waals surface area contributed by atoms with Crippen LogP contribution in [0.25, 0.3) is 33.5 Å². The molecule has 4 heterocycles. The highest BCUT2D eigenvalue weighted by atomic mass is 28.3. The van der Waals surface area contributed by atoms with Crippen molar-refractivity contribution in [3.63, 3.8) is 0 Å². The van der Waals surface area contributed by atoms with E-state index in [0.29, 0.717) is 36.0 Å². The fourth-order valence-corrected chi connectivity index (χ4v) is 7.82. The number of carbonyl (C=O) groups is 2. The minimum absolute atomic E-state index is 0.0711. The number of carbonyl (C=O) groups excluding carboxylic acids is 2. The van der Waals surface area contributed by atoms with Crippen molar-refractivity contribution in [3.05, 3.63) is 58.7 Å². The van der Waals surface area contributed by atoms with Crippen molar-refractivity contribution < 1.29 is 32.9 Å². The molecule has 4 aromatic rings. The first kappa shape index (κ1) is 38.6. The Morgan fingerprint density at radius 3 is 2.55 bits per heavy atom. The van der Waals surface area contributed by atoms with Crippen LogP contribution in [0.1, 0.15) is 75.7 Å². The van der Waals surface area contributed by atoms with E-state index in [1.807, 2.05) is 27.4 Å². The van der Waals surface area contributed by atoms with Crippen molar-refractivity contribution in [2.75, 3.05) is 20.3 Å². The molecule has 0 N–H and O–H groups in total. The number of hydrogen-bond donors (Lipinski definition) is 0. The lowest BCUT2D eigenvalue weighted by Crippen LogP contribution is -2.51. The summed E-state index contributed by atoms with van der Waals surface area (Å²) in [4.78, 5) is 33.3. The number of amides is 1. The number of imidazole rings is 1. The van der Waals surface area contributed by atoms with Gasteiger partial charge in [-0.2, -0.15) is 5.10 Å². The molecule has 286 valence electrons. The number of fused-ring (bicyclic) bond motifs is 2. The lowest BCUT2D eigenvalue weighted by Gasteiger charge is -2.35. The van der Waals surface area contributed by atoms with Gasteiger partial charge in [-0.25, -0.2) is 23.6 Å². The van der Waals surface area contributed by atoms with Crippen LogP contribution in [0.15, 0.2) is 30.3 Å². The first-order chi connectivity index (χ1) is 25.1. The third-order valence-corrected chi connectivity index (χ3v) is 11.7. The number of rotatable bonds is 10. The van der Waals surface area contributed by atoms with Crippen LogP contribution in [0.4, 0.5) is 9.18 Å². The summed E-state index contributed by atoms with van der Waals surface area (Å²) in [6.07, 6.45) is 2.81. The maximum absolute atomic E-state index is 15.0. The van der Waals surface area contributed by atoms with Gasteiger partial charge in [-0.15, -0.1) is 0 Å². The van der Waals surface area contributed by atoms with Crippen molar-refractivity contribution in [3.8, 4) is 22.6 Å². The Hall–Kier alpha value is -4.07. The maximum atomic E-state index is 15.0. The average molecular weight is 748 g/mol. The summed E-state index contributed by atoms with van der Waals surface area (Å²) in [5.74, 6) is -0.213. The predicted octanol–water partition coefficient (Wildman–Crippen LogP) is 8.42. The Morgan fingerprint density at radius 2 is 1.89 bits per heavy atom. The smallest absolute Gasteiger partial charge is 0.411 e. The Labute approximate surface area is 312 Å². The van der Waals surface area contributed by atoms with Crippen LogP contribution in [-0.2, 0) is 49.9 Å². The van der Waals surface area contributed by atoms with E-state index in [0.717, 1.165) is 65.0 Å². The third kappa shape index (κ3) is 8.37. The Balaban J connectivity index is 1.51. The number of aryl methyl sites for hydroxylation is 2. The number of ether oxygens (including phenoxy) is 4. The van der Waals surface area contributed by atoms with E-state index in [9.17, 15) is 14.0 Å². The lowest BCUT2D eigenvalue weighted by molar-refractivity contribution is -0.147. The number of benzene rings is 2. The maximum Gasteiger partial charge on any atom is 0.411 e. The van der Waals surface area contributed by atoms with E-state index in [4.69, 9.17) is 29.0 Å². The van der Waals surface area contributed by atoms with Crippen molar-refractivity contribution in [1.82, 2.24) is 24.2 Å². The molecule has 11 nitrogen and oxygen atoms in total. The molecule has 0 saturated carbocycles. The molecule has 2 aromatic heterocycles. The van der Waals surface area contributed by atoms with Gasteiger partial charge in [-0.1, -0.05) is 38.7 Å². The quantitative estimate of drug-likeness (QED) is 0.0904. The third-order valence-electron chi connectivity index (χ3n) is 9.98. The van der Waals surface area contributed by atoms with Crippen LogP contribution in [0.5, 0.6) is 0 Å². The molecule has 13 heteroatoms. The highest BCUT2D eigenvalue weighted by Crippen LogP contribution is 2.38. The van der Waals surface area contributed by atoms with Crippen LogP contribution in [-0.4, -0.2) is 76.3 Å². The summed E-state index contributed by atoms with van der Waals surface area (Å²) < 4.78 is 42.5. The molecule has 1 amide bonds. The largest absolute Gasteiger partial charge is 0.467 e. The molecule has 0 spiro atoms. The van der Waals surface area contributed by atoms with Crippen molar-refractivity contribution in [1.29, 1.82) is 0 Å².